The molecule has 3 aromatic rings. The molecule has 0 spiro atoms. The molecule has 0 radical (unpaired) electrons. The molecule has 0 bridgehead atoms. The molecule has 1 aliphatic rings. The molecule has 2 atom stereocenters. The molecule has 2 aromatic heterocycles. The van der Waals surface area contributed by atoms with Gasteiger partial charge in [0.15, 0.2) is 0 Å². The second-order valence-corrected chi connectivity index (χ2v) is 7.42. The first kappa shape index (κ1) is 16.2. The largest absolute Gasteiger partial charge is 0.243 e. The van der Waals surface area contributed by atoms with Gasteiger partial charge in [0, 0.05) is 21.9 Å². The van der Waals surface area contributed by atoms with Crippen LogP contribution in [-0.2, 0) is 6.54 Å². The van der Waals surface area contributed by atoms with E-state index in [9.17, 15) is 0 Å². The summed E-state index contributed by atoms with van der Waals surface area (Å²) in [6.07, 6.45) is 10.5. The van der Waals surface area contributed by atoms with E-state index in [1.54, 1.807) is 11.3 Å². The molecule has 1 aromatic carbocycles. The van der Waals surface area contributed by atoms with Crippen molar-refractivity contribution < 1.29 is 0 Å². The highest BCUT2D eigenvalue weighted by Crippen LogP contribution is 2.30. The summed E-state index contributed by atoms with van der Waals surface area (Å²) in [6.45, 7) is 2.84. The summed E-state index contributed by atoms with van der Waals surface area (Å²) in [5.74, 6) is 0.733. The van der Waals surface area contributed by atoms with Crippen LogP contribution in [0.4, 0.5) is 0 Å². The smallest absolute Gasteiger partial charge is 0.123 e. The highest BCUT2D eigenvalue weighted by Gasteiger charge is 2.21. The van der Waals surface area contributed by atoms with E-state index in [2.05, 4.69) is 46.9 Å². The molecular weight excluding hydrogens is 352 g/mol. The summed E-state index contributed by atoms with van der Waals surface area (Å²) in [4.78, 5) is 4.75. The fraction of sp³-hybridized carbons (Fsp3) is 0.211. The topological polar surface area (TPSA) is 43.6 Å². The molecule has 2 heterocycles. The second-order valence-electron chi connectivity index (χ2n) is 6.12. The summed E-state index contributed by atoms with van der Waals surface area (Å²) in [6, 6.07) is 7.76. The minimum atomic E-state index is 0.300. The molecule has 0 N–H and O–H groups in total. The summed E-state index contributed by atoms with van der Waals surface area (Å²) in [7, 11) is 0. The first-order valence-electron chi connectivity index (χ1n) is 8.14. The maximum absolute atomic E-state index is 5.96. The predicted molar refractivity (Wildman–Crippen MR) is 102 cm³/mol. The van der Waals surface area contributed by atoms with Crippen molar-refractivity contribution in [1.82, 2.24) is 20.0 Å². The first-order chi connectivity index (χ1) is 12.2. The number of benzene rings is 1. The number of rotatable bonds is 4. The Morgan fingerprint density at radius 1 is 1.16 bits per heavy atom. The molecule has 0 aliphatic heterocycles. The number of allylic oxidation sites excluding steroid dienone is 4. The lowest BCUT2D eigenvalue weighted by Crippen LogP contribution is -2.14. The highest BCUT2D eigenvalue weighted by molar-refractivity contribution is 7.13. The normalized spacial score (nSPS) is 19.4. The third-order valence-electron chi connectivity index (χ3n) is 4.35. The number of aromatic nitrogens is 4. The van der Waals surface area contributed by atoms with E-state index in [0.29, 0.717) is 18.4 Å². The van der Waals surface area contributed by atoms with Gasteiger partial charge in [0.2, 0.25) is 0 Å². The van der Waals surface area contributed by atoms with Crippen LogP contribution in [0.5, 0.6) is 0 Å². The molecule has 25 heavy (non-hydrogen) atoms. The van der Waals surface area contributed by atoms with Gasteiger partial charge in [-0.25, -0.2) is 9.67 Å². The van der Waals surface area contributed by atoms with Gasteiger partial charge >= 0.3 is 0 Å². The average Bonchev–Trinajstić information content (AvgIpc) is 3.26. The lowest BCUT2D eigenvalue weighted by molar-refractivity contribution is 0.544. The fourth-order valence-corrected chi connectivity index (χ4v) is 3.93. The number of halogens is 1. The van der Waals surface area contributed by atoms with Crippen molar-refractivity contribution in [3.05, 3.63) is 76.6 Å². The van der Waals surface area contributed by atoms with Crippen molar-refractivity contribution in [2.75, 3.05) is 0 Å². The van der Waals surface area contributed by atoms with Gasteiger partial charge in [0.1, 0.15) is 5.01 Å². The van der Waals surface area contributed by atoms with Crippen LogP contribution in [0.25, 0.3) is 10.6 Å². The Morgan fingerprint density at radius 2 is 1.96 bits per heavy atom. The van der Waals surface area contributed by atoms with Crippen molar-refractivity contribution in [3.8, 4) is 10.6 Å². The van der Waals surface area contributed by atoms with Gasteiger partial charge in [-0.05, 0) is 18.1 Å². The lowest BCUT2D eigenvalue weighted by Gasteiger charge is -2.20. The Hall–Kier alpha value is -2.24. The van der Waals surface area contributed by atoms with Crippen LogP contribution in [0.3, 0.4) is 0 Å². The van der Waals surface area contributed by atoms with Crippen LogP contribution < -0.4 is 0 Å². The molecule has 4 rings (SSSR count). The zero-order valence-electron chi connectivity index (χ0n) is 13.7. The Kier molecular flexibility index (Phi) is 4.51. The summed E-state index contributed by atoms with van der Waals surface area (Å²) >= 11 is 7.59. The Bertz CT molecular complexity index is 923. The van der Waals surface area contributed by atoms with Crippen molar-refractivity contribution in [2.24, 2.45) is 5.92 Å². The van der Waals surface area contributed by atoms with E-state index >= 15 is 0 Å². The van der Waals surface area contributed by atoms with Crippen molar-refractivity contribution in [3.63, 3.8) is 0 Å². The lowest BCUT2D eigenvalue weighted by atomic mass is 9.87. The predicted octanol–water partition coefficient (Wildman–Crippen LogP) is 4.95. The van der Waals surface area contributed by atoms with Crippen LogP contribution in [-0.4, -0.2) is 20.0 Å². The van der Waals surface area contributed by atoms with Gasteiger partial charge in [-0.3, -0.25) is 0 Å². The monoisotopic (exact) mass is 368 g/mol. The molecule has 1 aliphatic carbocycles. The van der Waals surface area contributed by atoms with Crippen molar-refractivity contribution in [2.45, 2.75) is 19.4 Å². The first-order valence-corrected chi connectivity index (χ1v) is 9.40. The third-order valence-corrected chi connectivity index (χ3v) is 5.55. The van der Waals surface area contributed by atoms with Gasteiger partial charge < -0.3 is 0 Å². The average molecular weight is 369 g/mol. The minimum absolute atomic E-state index is 0.300. The van der Waals surface area contributed by atoms with Crippen molar-refractivity contribution >= 4 is 22.9 Å². The molecule has 0 saturated carbocycles. The number of nitrogens with zero attached hydrogens (tertiary/aromatic N) is 4. The van der Waals surface area contributed by atoms with E-state index in [-0.39, 0.29) is 0 Å². The summed E-state index contributed by atoms with van der Waals surface area (Å²) < 4.78 is 1.95. The van der Waals surface area contributed by atoms with Gasteiger partial charge in [-0.1, -0.05) is 60.2 Å². The SMILES string of the molecule is CC1C=CC=CC1c1cnnn1Cc1csc(-c2ccc(Cl)cc2)n1. The molecule has 4 nitrogen and oxygen atoms in total. The number of hydrogen-bond acceptors (Lipinski definition) is 4. The maximum Gasteiger partial charge on any atom is 0.123 e. The summed E-state index contributed by atoms with van der Waals surface area (Å²) in [5, 5.41) is 12.2. The molecule has 0 amide bonds. The van der Waals surface area contributed by atoms with E-state index in [0.717, 1.165) is 27.0 Å². The number of thiazole rings is 1. The molecule has 0 fully saturated rings. The van der Waals surface area contributed by atoms with Gasteiger partial charge in [-0.15, -0.1) is 16.4 Å². The van der Waals surface area contributed by atoms with Crippen LogP contribution in [0.15, 0.2) is 60.1 Å². The second kappa shape index (κ2) is 6.94. The third kappa shape index (κ3) is 3.43. The maximum atomic E-state index is 5.96. The molecular formula is C19H17ClN4S. The number of hydrogen-bond donors (Lipinski definition) is 0. The highest BCUT2D eigenvalue weighted by atomic mass is 35.5. The minimum Gasteiger partial charge on any atom is -0.243 e. The Morgan fingerprint density at radius 3 is 2.76 bits per heavy atom. The fourth-order valence-electron chi connectivity index (χ4n) is 2.99. The van der Waals surface area contributed by atoms with E-state index in [1.165, 1.54) is 0 Å². The van der Waals surface area contributed by atoms with Gasteiger partial charge in [-0.2, -0.15) is 0 Å². The quantitative estimate of drug-likeness (QED) is 0.654. The standard InChI is InChI=1S/C19H17ClN4S/c1-13-4-2-3-5-17(13)18-10-21-23-24(18)11-16-12-25-19(22-16)14-6-8-15(20)9-7-14/h2-10,12-13,17H,11H2,1H3. The molecule has 2 unspecified atom stereocenters. The van der Waals surface area contributed by atoms with Gasteiger partial charge in [0.25, 0.3) is 0 Å². The van der Waals surface area contributed by atoms with E-state index in [1.807, 2.05) is 35.1 Å². The zero-order chi connectivity index (χ0) is 17.2. The van der Waals surface area contributed by atoms with E-state index in [4.69, 9.17) is 16.6 Å². The van der Waals surface area contributed by atoms with Crippen molar-refractivity contribution in [1.29, 1.82) is 0 Å². The molecule has 0 saturated heterocycles. The summed E-state index contributed by atoms with van der Waals surface area (Å²) in [5.41, 5.74) is 3.19. The van der Waals surface area contributed by atoms with Crippen LogP contribution in [0.2, 0.25) is 5.02 Å². The van der Waals surface area contributed by atoms with Crippen LogP contribution in [0, 0.1) is 5.92 Å². The molecule has 6 heteroatoms. The van der Waals surface area contributed by atoms with E-state index < -0.39 is 0 Å². The Balaban J connectivity index is 1.56. The Labute approximate surface area is 155 Å². The van der Waals surface area contributed by atoms with Crippen LogP contribution in [0.1, 0.15) is 24.2 Å². The van der Waals surface area contributed by atoms with Crippen LogP contribution >= 0.6 is 22.9 Å². The zero-order valence-corrected chi connectivity index (χ0v) is 15.3. The molecule has 126 valence electrons. The van der Waals surface area contributed by atoms with Gasteiger partial charge in [0.05, 0.1) is 24.1 Å².